The number of H-pyrrole nitrogens is 1. The molecule has 0 radical (unpaired) electrons. The lowest BCUT2D eigenvalue weighted by Crippen LogP contribution is -1.89. The summed E-state index contributed by atoms with van der Waals surface area (Å²) >= 11 is 0. The van der Waals surface area contributed by atoms with Crippen LogP contribution in [-0.4, -0.2) is 32.4 Å². The number of aromatic hydroxyl groups is 1. The summed E-state index contributed by atoms with van der Waals surface area (Å²) in [5.74, 6) is 1.34. The number of aromatic nitrogens is 4. The molecule has 0 unspecified atom stereocenters. The maximum absolute atomic E-state index is 10.1. The number of rotatable bonds is 3. The number of phenolic OH excluding ortho intramolecular Hbond substituents is 1. The molecule has 0 aliphatic heterocycles. The first-order valence-corrected chi connectivity index (χ1v) is 6.42. The Morgan fingerprint density at radius 1 is 1.10 bits per heavy atom. The number of phenols is 1. The first-order valence-electron chi connectivity index (χ1n) is 6.42. The van der Waals surface area contributed by atoms with E-state index in [0.29, 0.717) is 28.7 Å². The van der Waals surface area contributed by atoms with Gasteiger partial charge in [-0.05, 0) is 31.2 Å². The molecule has 0 bridgehead atoms. The molecule has 21 heavy (non-hydrogen) atoms. The second kappa shape index (κ2) is 5.24. The van der Waals surface area contributed by atoms with Crippen molar-refractivity contribution in [3.8, 4) is 34.4 Å². The molecule has 0 fully saturated rings. The summed E-state index contributed by atoms with van der Waals surface area (Å²) in [4.78, 5) is 8.77. The predicted molar refractivity (Wildman–Crippen MR) is 78.0 cm³/mol. The first kappa shape index (κ1) is 13.1. The van der Waals surface area contributed by atoms with Crippen LogP contribution in [0.3, 0.4) is 0 Å². The minimum atomic E-state index is 0.0164. The van der Waals surface area contributed by atoms with E-state index in [4.69, 9.17) is 4.74 Å². The van der Waals surface area contributed by atoms with Gasteiger partial charge in [0.1, 0.15) is 5.69 Å². The van der Waals surface area contributed by atoms with Gasteiger partial charge in [0.05, 0.1) is 12.7 Å². The molecule has 0 aliphatic rings. The Morgan fingerprint density at radius 3 is 2.67 bits per heavy atom. The van der Waals surface area contributed by atoms with Gasteiger partial charge < -0.3 is 9.84 Å². The fraction of sp³-hybridized carbons (Fsp3) is 0.133. The fourth-order valence-electron chi connectivity index (χ4n) is 2.04. The molecule has 6 nitrogen and oxygen atoms in total. The van der Waals surface area contributed by atoms with Gasteiger partial charge in [0, 0.05) is 5.69 Å². The van der Waals surface area contributed by atoms with Crippen LogP contribution in [0.1, 0.15) is 5.69 Å². The van der Waals surface area contributed by atoms with Crippen LogP contribution in [0.4, 0.5) is 0 Å². The maximum atomic E-state index is 10.1. The minimum absolute atomic E-state index is 0.0164. The lowest BCUT2D eigenvalue weighted by atomic mass is 10.2. The van der Waals surface area contributed by atoms with E-state index < -0.39 is 0 Å². The van der Waals surface area contributed by atoms with Gasteiger partial charge in [-0.1, -0.05) is 12.1 Å². The molecule has 0 atom stereocenters. The van der Waals surface area contributed by atoms with Gasteiger partial charge in [0.2, 0.25) is 0 Å². The van der Waals surface area contributed by atoms with Crippen LogP contribution in [0.2, 0.25) is 0 Å². The third kappa shape index (κ3) is 2.43. The number of nitrogens with zero attached hydrogens (tertiary/aromatic N) is 3. The van der Waals surface area contributed by atoms with E-state index in [-0.39, 0.29) is 5.75 Å². The number of aryl methyl sites for hydroxylation is 1. The topological polar surface area (TPSA) is 83.9 Å². The average molecular weight is 282 g/mol. The predicted octanol–water partition coefficient (Wildman–Crippen LogP) is 2.56. The van der Waals surface area contributed by atoms with Gasteiger partial charge >= 0.3 is 0 Å². The van der Waals surface area contributed by atoms with Gasteiger partial charge in [-0.15, -0.1) is 0 Å². The lowest BCUT2D eigenvalue weighted by molar-refractivity contribution is 0.374. The Morgan fingerprint density at radius 2 is 1.90 bits per heavy atom. The molecule has 0 aliphatic carbocycles. The summed E-state index contributed by atoms with van der Waals surface area (Å²) < 4.78 is 5.09. The summed E-state index contributed by atoms with van der Waals surface area (Å²) in [6, 6.07) is 10.8. The van der Waals surface area contributed by atoms with Crippen molar-refractivity contribution in [1.82, 2.24) is 20.2 Å². The molecule has 0 spiro atoms. The molecule has 0 amide bonds. The monoisotopic (exact) mass is 282 g/mol. The van der Waals surface area contributed by atoms with Crippen LogP contribution in [0.15, 0.2) is 36.4 Å². The van der Waals surface area contributed by atoms with Crippen molar-refractivity contribution in [2.45, 2.75) is 6.92 Å². The second-order valence-corrected chi connectivity index (χ2v) is 4.53. The molecule has 1 aromatic carbocycles. The second-order valence-electron chi connectivity index (χ2n) is 4.53. The highest BCUT2D eigenvalue weighted by Gasteiger charge is 2.14. The smallest absolute Gasteiger partial charge is 0.185 e. The molecule has 3 aromatic rings. The molecule has 6 heteroatoms. The van der Waals surface area contributed by atoms with Crippen LogP contribution in [0, 0.1) is 6.92 Å². The Hall–Kier alpha value is -2.89. The lowest BCUT2D eigenvalue weighted by Gasteiger charge is -2.05. The van der Waals surface area contributed by atoms with Crippen molar-refractivity contribution in [3.05, 3.63) is 42.1 Å². The highest BCUT2D eigenvalue weighted by Crippen LogP contribution is 2.35. The van der Waals surface area contributed by atoms with Gasteiger partial charge in [-0.2, -0.15) is 5.10 Å². The molecule has 2 heterocycles. The Labute approximate surface area is 121 Å². The number of hydrogen-bond donors (Lipinski definition) is 2. The van der Waals surface area contributed by atoms with E-state index in [2.05, 4.69) is 20.2 Å². The van der Waals surface area contributed by atoms with Crippen LogP contribution in [0.25, 0.3) is 22.9 Å². The van der Waals surface area contributed by atoms with Crippen LogP contribution in [0.5, 0.6) is 11.5 Å². The van der Waals surface area contributed by atoms with Gasteiger partial charge in [-0.3, -0.25) is 5.10 Å². The van der Waals surface area contributed by atoms with Gasteiger partial charge in [-0.25, -0.2) is 9.97 Å². The van der Waals surface area contributed by atoms with Crippen molar-refractivity contribution < 1.29 is 9.84 Å². The molecular formula is C15H14N4O2. The number of ether oxygens (including phenoxy) is 1. The molecule has 3 rings (SSSR count). The van der Waals surface area contributed by atoms with Gasteiger partial charge in [0.15, 0.2) is 23.1 Å². The van der Waals surface area contributed by atoms with E-state index in [9.17, 15) is 5.11 Å². The van der Waals surface area contributed by atoms with E-state index in [1.807, 2.05) is 25.1 Å². The van der Waals surface area contributed by atoms with Crippen molar-refractivity contribution in [2.24, 2.45) is 0 Å². The fourth-order valence-corrected chi connectivity index (χ4v) is 2.04. The first-order chi connectivity index (χ1) is 10.2. The number of benzene rings is 1. The molecule has 2 aromatic heterocycles. The van der Waals surface area contributed by atoms with Gasteiger partial charge in [0.25, 0.3) is 0 Å². The zero-order valence-corrected chi connectivity index (χ0v) is 11.7. The molecule has 0 saturated heterocycles. The summed E-state index contributed by atoms with van der Waals surface area (Å²) in [5, 5.41) is 17.1. The zero-order chi connectivity index (χ0) is 14.8. The maximum Gasteiger partial charge on any atom is 0.185 e. The Kier molecular flexibility index (Phi) is 3.27. The Balaban J connectivity index is 2.03. The quantitative estimate of drug-likeness (QED) is 0.771. The van der Waals surface area contributed by atoms with E-state index in [1.165, 1.54) is 7.11 Å². The Bertz CT molecular complexity index is 783. The highest BCUT2D eigenvalue weighted by atomic mass is 16.5. The van der Waals surface area contributed by atoms with Crippen molar-refractivity contribution in [1.29, 1.82) is 0 Å². The third-order valence-corrected chi connectivity index (χ3v) is 3.08. The summed E-state index contributed by atoms with van der Waals surface area (Å²) in [7, 11) is 1.50. The number of hydrogen-bond acceptors (Lipinski definition) is 5. The summed E-state index contributed by atoms with van der Waals surface area (Å²) in [6.45, 7) is 1.91. The normalized spacial score (nSPS) is 10.6. The van der Waals surface area contributed by atoms with E-state index >= 15 is 0 Å². The van der Waals surface area contributed by atoms with Crippen molar-refractivity contribution in [2.75, 3.05) is 7.11 Å². The number of aromatic amines is 1. The number of nitrogens with one attached hydrogen (secondary N) is 1. The van der Waals surface area contributed by atoms with Crippen LogP contribution < -0.4 is 4.74 Å². The number of methoxy groups -OCH3 is 1. The number of para-hydroxylation sites is 1. The highest BCUT2D eigenvalue weighted by molar-refractivity contribution is 5.69. The third-order valence-electron chi connectivity index (χ3n) is 3.08. The van der Waals surface area contributed by atoms with E-state index in [1.54, 1.807) is 18.2 Å². The summed E-state index contributed by atoms with van der Waals surface area (Å²) in [6.07, 6.45) is 0. The standard InChI is InChI=1S/C15H14N4O2/c1-9-5-3-7-11(16-9)15-17-14(18-19-15)10-6-4-8-12(21-2)13(10)20/h3-8,20H,1-2H3,(H,17,18,19). The molecule has 106 valence electrons. The zero-order valence-electron chi connectivity index (χ0n) is 11.7. The van der Waals surface area contributed by atoms with Crippen LogP contribution in [-0.2, 0) is 0 Å². The largest absolute Gasteiger partial charge is 0.504 e. The minimum Gasteiger partial charge on any atom is -0.504 e. The van der Waals surface area contributed by atoms with Crippen molar-refractivity contribution in [3.63, 3.8) is 0 Å². The van der Waals surface area contributed by atoms with Crippen LogP contribution >= 0.6 is 0 Å². The van der Waals surface area contributed by atoms with Crippen molar-refractivity contribution >= 4 is 0 Å². The molecular weight excluding hydrogens is 268 g/mol. The molecule has 0 saturated carbocycles. The number of pyridine rings is 1. The average Bonchev–Trinajstić information content (AvgIpc) is 2.97. The molecule has 2 N–H and O–H groups in total. The SMILES string of the molecule is COc1cccc(-c2n[nH]c(-c3cccc(C)n3)n2)c1O. The van der Waals surface area contributed by atoms with E-state index in [0.717, 1.165) is 5.69 Å². The summed E-state index contributed by atoms with van der Waals surface area (Å²) in [5.41, 5.74) is 2.11.